The first-order valence-electron chi connectivity index (χ1n) is 26.8. The van der Waals surface area contributed by atoms with Crippen molar-refractivity contribution in [1.29, 1.82) is 0 Å². The molecular formula is C71H69N3O. The van der Waals surface area contributed by atoms with Crippen molar-refractivity contribution in [3.63, 3.8) is 0 Å². The Morgan fingerprint density at radius 3 is 0.920 bits per heavy atom. The average molecular weight is 980 g/mol. The Hall–Kier alpha value is -8.34. The summed E-state index contributed by atoms with van der Waals surface area (Å²) in [6.07, 6.45) is 15.3. The van der Waals surface area contributed by atoms with Crippen LogP contribution in [0, 0.1) is 47.5 Å². The molecule has 1 fully saturated rings. The van der Waals surface area contributed by atoms with E-state index in [4.69, 9.17) is 4.74 Å². The van der Waals surface area contributed by atoms with Crippen molar-refractivity contribution in [2.75, 3.05) is 21.3 Å². The molecule has 0 N–H and O–H groups in total. The van der Waals surface area contributed by atoms with Crippen LogP contribution < -0.4 is 19.4 Å². The van der Waals surface area contributed by atoms with Gasteiger partial charge in [-0.3, -0.25) is 0 Å². The Kier molecular flexibility index (Phi) is 15.6. The Labute approximate surface area is 446 Å². The van der Waals surface area contributed by atoms with Crippen LogP contribution in [-0.4, -0.2) is 6.61 Å². The van der Waals surface area contributed by atoms with Crippen LogP contribution >= 0.6 is 0 Å². The van der Waals surface area contributed by atoms with Gasteiger partial charge in [0.1, 0.15) is 5.75 Å². The van der Waals surface area contributed by atoms with Gasteiger partial charge in [0.15, 0.2) is 0 Å². The van der Waals surface area contributed by atoms with Gasteiger partial charge in [-0.1, -0.05) is 140 Å². The molecule has 1 aliphatic rings. The summed E-state index contributed by atoms with van der Waals surface area (Å²) in [5.74, 6) is 1.58. The standard InChI is InChI=1S/C71H69N3O/c1-51-12-30-62(31-13-51)72(63-32-14-52(2)15-33-63)64-36-22-57(23-37-64)18-19-58-24-38-65(39-25-58)73(68-44-46-71(47-45-68)75-50-61-10-8-7-9-11-61)66-40-26-59(27-41-66)20-21-60-28-42-67(43-29-60)74(69-34-16-53(3)55(5)48-69)70-35-17-54(4)56(6)49-70/h12-49,61H,7-11,50H2,1-6H3. The van der Waals surface area contributed by atoms with E-state index in [9.17, 15) is 0 Å². The number of aryl methyl sites for hydroxylation is 6. The van der Waals surface area contributed by atoms with E-state index >= 15 is 0 Å². The molecule has 9 aromatic carbocycles. The predicted molar refractivity (Wildman–Crippen MR) is 322 cm³/mol. The Bertz CT molecular complexity index is 3270. The molecule has 0 atom stereocenters. The van der Waals surface area contributed by atoms with Crippen molar-refractivity contribution in [2.24, 2.45) is 5.92 Å². The van der Waals surface area contributed by atoms with E-state index in [1.165, 1.54) is 65.5 Å². The molecule has 4 nitrogen and oxygen atoms in total. The quantitative estimate of drug-likeness (QED) is 0.0898. The number of benzene rings is 9. The molecular weight excluding hydrogens is 911 g/mol. The van der Waals surface area contributed by atoms with E-state index in [0.717, 1.165) is 85.8 Å². The fourth-order valence-corrected chi connectivity index (χ4v) is 10.0. The molecule has 0 saturated heterocycles. The zero-order valence-electron chi connectivity index (χ0n) is 44.5. The summed E-state index contributed by atoms with van der Waals surface area (Å²) < 4.78 is 6.35. The molecule has 1 saturated carbocycles. The van der Waals surface area contributed by atoms with Gasteiger partial charge in [-0.15, -0.1) is 0 Å². The van der Waals surface area contributed by atoms with Crippen LogP contribution in [0.3, 0.4) is 0 Å². The fraction of sp³-hybridized carbons (Fsp3) is 0.183. The lowest BCUT2D eigenvalue weighted by Crippen LogP contribution is -2.15. The van der Waals surface area contributed by atoms with Crippen molar-refractivity contribution in [3.8, 4) is 5.75 Å². The van der Waals surface area contributed by atoms with Gasteiger partial charge in [0, 0.05) is 51.2 Å². The molecule has 0 radical (unpaired) electrons. The van der Waals surface area contributed by atoms with Crippen LogP contribution in [0.15, 0.2) is 206 Å². The van der Waals surface area contributed by atoms with E-state index < -0.39 is 0 Å². The highest BCUT2D eigenvalue weighted by atomic mass is 16.5. The van der Waals surface area contributed by atoms with Crippen molar-refractivity contribution in [3.05, 3.63) is 262 Å². The number of hydrogen-bond donors (Lipinski definition) is 0. The van der Waals surface area contributed by atoms with E-state index in [-0.39, 0.29) is 0 Å². The van der Waals surface area contributed by atoms with E-state index in [1.54, 1.807) is 0 Å². The second kappa shape index (κ2) is 23.3. The van der Waals surface area contributed by atoms with Crippen LogP contribution in [-0.2, 0) is 0 Å². The second-order valence-corrected chi connectivity index (χ2v) is 20.6. The molecule has 0 aromatic heterocycles. The summed E-state index contributed by atoms with van der Waals surface area (Å²) in [5, 5.41) is 0. The van der Waals surface area contributed by atoms with Gasteiger partial charge >= 0.3 is 0 Å². The van der Waals surface area contributed by atoms with Crippen LogP contribution in [0.4, 0.5) is 51.2 Å². The molecule has 0 amide bonds. The molecule has 4 heteroatoms. The molecule has 1 aliphatic carbocycles. The van der Waals surface area contributed by atoms with Crippen LogP contribution in [0.2, 0.25) is 0 Å². The number of nitrogens with zero attached hydrogens (tertiary/aromatic N) is 3. The maximum atomic E-state index is 6.35. The summed E-state index contributed by atoms with van der Waals surface area (Å²) in [7, 11) is 0. The molecule has 0 bridgehead atoms. The Morgan fingerprint density at radius 1 is 0.320 bits per heavy atom. The number of hydrogen-bond acceptors (Lipinski definition) is 4. The summed E-state index contributed by atoms with van der Waals surface area (Å²) in [6, 6.07) is 74.9. The van der Waals surface area contributed by atoms with Gasteiger partial charge in [-0.25, -0.2) is 0 Å². The van der Waals surface area contributed by atoms with Crippen molar-refractivity contribution >= 4 is 75.5 Å². The zero-order chi connectivity index (χ0) is 51.7. The SMILES string of the molecule is Cc1ccc(N(c2ccc(C)cc2)c2ccc(C=Cc3ccc(N(c4ccc(C=Cc5ccc(N(c6ccc(C)c(C)c6)c6ccc(C)c(C)c6)cc5)cc4)c4ccc(OCC5CCCCC5)cc4)cc3)cc2)cc1. The lowest BCUT2D eigenvalue weighted by Gasteiger charge is -2.27. The third-order valence-electron chi connectivity index (χ3n) is 14.9. The summed E-state index contributed by atoms with van der Waals surface area (Å²) >= 11 is 0. The smallest absolute Gasteiger partial charge is 0.119 e. The minimum atomic E-state index is 0.652. The van der Waals surface area contributed by atoms with Crippen LogP contribution in [0.1, 0.15) is 87.7 Å². The lowest BCUT2D eigenvalue weighted by molar-refractivity contribution is 0.209. The molecule has 0 heterocycles. The van der Waals surface area contributed by atoms with Crippen molar-refractivity contribution < 1.29 is 4.74 Å². The van der Waals surface area contributed by atoms with Crippen molar-refractivity contribution in [2.45, 2.75) is 73.6 Å². The lowest BCUT2D eigenvalue weighted by atomic mass is 9.90. The second-order valence-electron chi connectivity index (χ2n) is 20.6. The maximum absolute atomic E-state index is 6.35. The Morgan fingerprint density at radius 2 is 0.600 bits per heavy atom. The first kappa shape index (κ1) is 50.2. The maximum Gasteiger partial charge on any atom is 0.119 e. The van der Waals surface area contributed by atoms with E-state index in [1.807, 2.05) is 0 Å². The van der Waals surface area contributed by atoms with Gasteiger partial charge in [-0.05, 0) is 226 Å². The largest absolute Gasteiger partial charge is 0.493 e. The highest BCUT2D eigenvalue weighted by Gasteiger charge is 2.18. The fourth-order valence-electron chi connectivity index (χ4n) is 10.0. The molecule has 0 aliphatic heterocycles. The van der Waals surface area contributed by atoms with Gasteiger partial charge in [0.05, 0.1) is 6.61 Å². The molecule has 0 spiro atoms. The van der Waals surface area contributed by atoms with Gasteiger partial charge in [-0.2, -0.15) is 0 Å². The zero-order valence-corrected chi connectivity index (χ0v) is 44.5. The molecule has 374 valence electrons. The predicted octanol–water partition coefficient (Wildman–Crippen LogP) is 20.2. The minimum absolute atomic E-state index is 0.652. The molecule has 9 aromatic rings. The molecule has 10 rings (SSSR count). The van der Waals surface area contributed by atoms with Crippen LogP contribution in [0.25, 0.3) is 24.3 Å². The van der Waals surface area contributed by atoms with E-state index in [2.05, 4.69) is 287 Å². The van der Waals surface area contributed by atoms with Gasteiger partial charge < -0.3 is 19.4 Å². The normalized spacial score (nSPS) is 12.8. The summed E-state index contributed by atoms with van der Waals surface area (Å²) in [4.78, 5) is 6.99. The third-order valence-corrected chi connectivity index (χ3v) is 14.9. The van der Waals surface area contributed by atoms with Crippen molar-refractivity contribution in [1.82, 2.24) is 0 Å². The minimum Gasteiger partial charge on any atom is -0.493 e. The first-order valence-corrected chi connectivity index (χ1v) is 26.8. The van der Waals surface area contributed by atoms with E-state index in [0.29, 0.717) is 5.92 Å². The van der Waals surface area contributed by atoms with Gasteiger partial charge in [0.2, 0.25) is 0 Å². The monoisotopic (exact) mass is 980 g/mol. The summed E-state index contributed by atoms with van der Waals surface area (Å²) in [5.41, 5.74) is 22.3. The number of ether oxygens (including phenoxy) is 1. The third kappa shape index (κ3) is 12.4. The van der Waals surface area contributed by atoms with Gasteiger partial charge in [0.25, 0.3) is 0 Å². The first-order chi connectivity index (χ1) is 36.6. The highest BCUT2D eigenvalue weighted by Crippen LogP contribution is 2.39. The Balaban J connectivity index is 0.871. The molecule has 0 unspecified atom stereocenters. The summed E-state index contributed by atoms with van der Waals surface area (Å²) in [6.45, 7) is 13.8. The number of rotatable bonds is 16. The number of anilines is 9. The topological polar surface area (TPSA) is 19.0 Å². The molecule has 75 heavy (non-hydrogen) atoms. The highest BCUT2D eigenvalue weighted by molar-refractivity contribution is 5.83. The average Bonchev–Trinajstić information content (AvgIpc) is 3.44. The van der Waals surface area contributed by atoms with Crippen LogP contribution in [0.5, 0.6) is 5.75 Å².